The van der Waals surface area contributed by atoms with Crippen LogP contribution in [0.5, 0.6) is 11.5 Å². The first-order valence-electron chi connectivity index (χ1n) is 13.5. The summed E-state index contributed by atoms with van der Waals surface area (Å²) in [6.07, 6.45) is 2.79. The SMILES string of the molecule is C=C(COC)C(=O)N1CN(c2ncc3ncnc(Nc4ccc(Oc5ccc6c(c5)nnn6C)c(C)c4)c3n2)CC(F)(F)C1. The van der Waals surface area contributed by atoms with Crippen LogP contribution in [0.15, 0.2) is 61.1 Å². The Morgan fingerprint density at radius 2 is 1.95 bits per heavy atom. The summed E-state index contributed by atoms with van der Waals surface area (Å²) in [6, 6.07) is 11.1. The molecule has 13 nitrogen and oxygen atoms in total. The Balaban J connectivity index is 1.23. The molecule has 1 fully saturated rings. The molecule has 1 N–H and O–H groups in total. The lowest BCUT2D eigenvalue weighted by Crippen LogP contribution is -2.58. The van der Waals surface area contributed by atoms with Crippen molar-refractivity contribution in [3.63, 3.8) is 0 Å². The molecule has 2 aromatic carbocycles. The summed E-state index contributed by atoms with van der Waals surface area (Å²) in [5, 5.41) is 11.4. The lowest BCUT2D eigenvalue weighted by atomic mass is 10.2. The van der Waals surface area contributed by atoms with E-state index in [-0.39, 0.29) is 24.8 Å². The van der Waals surface area contributed by atoms with Gasteiger partial charge in [0, 0.05) is 31.5 Å². The summed E-state index contributed by atoms with van der Waals surface area (Å²) in [6.45, 7) is 3.93. The second-order valence-corrected chi connectivity index (χ2v) is 10.4. The Bertz CT molecular complexity index is 1900. The second-order valence-electron chi connectivity index (χ2n) is 10.4. The Morgan fingerprint density at radius 1 is 1.11 bits per heavy atom. The molecule has 0 saturated carbocycles. The molecule has 1 aliphatic heterocycles. The zero-order valence-corrected chi connectivity index (χ0v) is 24.2. The van der Waals surface area contributed by atoms with E-state index in [0.29, 0.717) is 34.0 Å². The number of methoxy groups -OCH3 is 1. The highest BCUT2D eigenvalue weighted by Crippen LogP contribution is 2.32. The molecule has 3 aromatic heterocycles. The minimum atomic E-state index is -3.20. The van der Waals surface area contributed by atoms with Crippen LogP contribution >= 0.6 is 0 Å². The van der Waals surface area contributed by atoms with Crippen LogP contribution in [0.4, 0.5) is 26.2 Å². The number of ether oxygens (including phenoxy) is 2. The van der Waals surface area contributed by atoms with Crippen LogP contribution in [0, 0.1) is 6.92 Å². The van der Waals surface area contributed by atoms with E-state index in [2.05, 4.69) is 42.1 Å². The number of carbonyl (C=O) groups is 1. The van der Waals surface area contributed by atoms with Crippen molar-refractivity contribution < 1.29 is 23.0 Å². The summed E-state index contributed by atoms with van der Waals surface area (Å²) >= 11 is 0. The third-order valence-corrected chi connectivity index (χ3v) is 6.99. The van der Waals surface area contributed by atoms with Gasteiger partial charge in [-0.2, -0.15) is 0 Å². The molecule has 44 heavy (non-hydrogen) atoms. The van der Waals surface area contributed by atoms with Gasteiger partial charge in [-0.1, -0.05) is 11.8 Å². The molecule has 0 unspecified atom stereocenters. The van der Waals surface area contributed by atoms with Gasteiger partial charge in [0.15, 0.2) is 5.82 Å². The van der Waals surface area contributed by atoms with Gasteiger partial charge < -0.3 is 24.6 Å². The fourth-order valence-electron chi connectivity index (χ4n) is 4.92. The maximum Gasteiger partial charge on any atom is 0.282 e. The number of anilines is 3. The lowest BCUT2D eigenvalue weighted by Gasteiger charge is -2.40. The van der Waals surface area contributed by atoms with E-state index in [1.807, 2.05) is 50.4 Å². The van der Waals surface area contributed by atoms with E-state index in [1.54, 1.807) is 4.68 Å². The Kier molecular flexibility index (Phi) is 7.47. The third-order valence-electron chi connectivity index (χ3n) is 6.99. The quantitative estimate of drug-likeness (QED) is 0.258. The molecular weight excluding hydrogens is 574 g/mol. The van der Waals surface area contributed by atoms with Crippen molar-refractivity contribution in [2.24, 2.45) is 7.05 Å². The van der Waals surface area contributed by atoms with Gasteiger partial charge >= 0.3 is 0 Å². The van der Waals surface area contributed by atoms with Crippen molar-refractivity contribution >= 4 is 45.4 Å². The number of alkyl halides is 2. The number of aromatic nitrogens is 7. The molecule has 15 heteroatoms. The predicted molar refractivity (Wildman–Crippen MR) is 158 cm³/mol. The van der Waals surface area contributed by atoms with Crippen LogP contribution in [-0.2, 0) is 16.6 Å². The molecule has 6 rings (SSSR count). The molecule has 5 aromatic rings. The predicted octanol–water partition coefficient (Wildman–Crippen LogP) is 3.99. The van der Waals surface area contributed by atoms with Crippen LogP contribution in [0.1, 0.15) is 5.56 Å². The smallest absolute Gasteiger partial charge is 0.282 e. The number of nitrogens with one attached hydrogen (secondary N) is 1. The topological polar surface area (TPSA) is 136 Å². The summed E-state index contributed by atoms with van der Waals surface area (Å²) in [7, 11) is 3.22. The lowest BCUT2D eigenvalue weighted by molar-refractivity contribution is -0.136. The number of hydrogen-bond acceptors (Lipinski definition) is 11. The van der Waals surface area contributed by atoms with Crippen molar-refractivity contribution in [2.75, 3.05) is 43.7 Å². The van der Waals surface area contributed by atoms with Gasteiger partial charge in [0.1, 0.15) is 34.4 Å². The van der Waals surface area contributed by atoms with E-state index < -0.39 is 24.9 Å². The maximum absolute atomic E-state index is 14.8. The highest BCUT2D eigenvalue weighted by atomic mass is 19.3. The van der Waals surface area contributed by atoms with Gasteiger partial charge in [0.25, 0.3) is 11.8 Å². The van der Waals surface area contributed by atoms with Crippen molar-refractivity contribution in [3.05, 3.63) is 66.6 Å². The van der Waals surface area contributed by atoms with Crippen LogP contribution in [0.25, 0.3) is 22.1 Å². The zero-order chi connectivity index (χ0) is 31.0. The fraction of sp³-hybridized carbons (Fsp3) is 0.276. The molecular formula is C29H28F2N10O3. The van der Waals surface area contributed by atoms with Crippen LogP contribution < -0.4 is 15.0 Å². The summed E-state index contributed by atoms with van der Waals surface area (Å²) in [4.78, 5) is 32.3. The van der Waals surface area contributed by atoms with E-state index >= 15 is 0 Å². The second kappa shape index (κ2) is 11.4. The molecule has 1 aliphatic rings. The molecule has 1 saturated heterocycles. The molecule has 0 bridgehead atoms. The first-order chi connectivity index (χ1) is 21.1. The first kappa shape index (κ1) is 28.8. The summed E-state index contributed by atoms with van der Waals surface area (Å²) < 4.78 is 42.2. The standard InChI is InChI=1S/C29H28F2N10O3/c1-17-9-19(5-8-24(17)44-20-6-7-23-21(10-20)37-38-39(23)3)35-26-25-22(33-15-34-26)11-32-28(36-25)41-14-29(30,31)13-40(16-41)27(42)18(2)12-43-4/h5-11,15H,2,12-14,16H2,1,3-4H3,(H,33,34,35). The number of halogens is 2. The normalized spacial score (nSPS) is 14.7. The van der Waals surface area contributed by atoms with E-state index in [4.69, 9.17) is 9.47 Å². The highest BCUT2D eigenvalue weighted by Gasteiger charge is 2.42. The largest absolute Gasteiger partial charge is 0.457 e. The summed E-state index contributed by atoms with van der Waals surface area (Å²) in [5.74, 6) is -2.20. The third kappa shape index (κ3) is 5.81. The minimum absolute atomic E-state index is 0.00452. The number of carbonyl (C=O) groups excluding carboxylic acids is 1. The molecule has 4 heterocycles. The van der Waals surface area contributed by atoms with Gasteiger partial charge in [-0.15, -0.1) is 5.10 Å². The molecule has 0 spiro atoms. The van der Waals surface area contributed by atoms with Gasteiger partial charge in [0.2, 0.25) is 5.95 Å². The number of amides is 1. The van der Waals surface area contributed by atoms with Gasteiger partial charge in [-0.25, -0.2) is 33.4 Å². The van der Waals surface area contributed by atoms with Crippen LogP contribution in [0.2, 0.25) is 0 Å². The van der Waals surface area contributed by atoms with E-state index in [1.165, 1.54) is 24.5 Å². The van der Waals surface area contributed by atoms with E-state index in [0.717, 1.165) is 21.5 Å². The van der Waals surface area contributed by atoms with Crippen molar-refractivity contribution in [1.29, 1.82) is 0 Å². The number of benzene rings is 2. The number of nitrogens with zero attached hydrogens (tertiary/aromatic N) is 9. The molecule has 0 aliphatic carbocycles. The van der Waals surface area contributed by atoms with Gasteiger partial charge in [-0.3, -0.25) is 4.79 Å². The van der Waals surface area contributed by atoms with E-state index in [9.17, 15) is 13.6 Å². The Morgan fingerprint density at radius 3 is 2.75 bits per heavy atom. The minimum Gasteiger partial charge on any atom is -0.457 e. The number of rotatable bonds is 8. The Hall–Kier alpha value is -5.31. The summed E-state index contributed by atoms with van der Waals surface area (Å²) in [5.41, 5.74) is 3.96. The maximum atomic E-state index is 14.8. The Labute approximate surface area is 250 Å². The average Bonchev–Trinajstić information content (AvgIpc) is 3.37. The van der Waals surface area contributed by atoms with Crippen molar-refractivity contribution in [2.45, 2.75) is 12.8 Å². The first-order valence-corrected chi connectivity index (χ1v) is 13.5. The van der Waals surface area contributed by atoms with Crippen LogP contribution in [-0.4, -0.2) is 85.1 Å². The van der Waals surface area contributed by atoms with Gasteiger partial charge in [-0.05, 0) is 42.8 Å². The van der Waals surface area contributed by atoms with Crippen molar-refractivity contribution in [3.8, 4) is 11.5 Å². The van der Waals surface area contributed by atoms with Crippen molar-refractivity contribution in [1.82, 2.24) is 39.8 Å². The highest BCUT2D eigenvalue weighted by molar-refractivity contribution is 5.93. The molecule has 226 valence electrons. The number of aryl methyl sites for hydroxylation is 2. The van der Waals surface area contributed by atoms with Gasteiger partial charge in [0.05, 0.1) is 38.1 Å². The fourth-order valence-corrected chi connectivity index (χ4v) is 4.92. The monoisotopic (exact) mass is 602 g/mol. The number of fused-ring (bicyclic) bond motifs is 2. The molecule has 1 amide bonds. The molecule has 0 atom stereocenters. The zero-order valence-electron chi connectivity index (χ0n) is 24.2. The molecule has 0 radical (unpaired) electrons. The number of hydrogen-bond donors (Lipinski definition) is 1. The van der Waals surface area contributed by atoms with Crippen LogP contribution in [0.3, 0.4) is 0 Å². The average molecular weight is 603 g/mol.